The van der Waals surface area contributed by atoms with E-state index in [1.807, 2.05) is 17.5 Å². The van der Waals surface area contributed by atoms with Crippen LogP contribution in [0.2, 0.25) is 0 Å². The van der Waals surface area contributed by atoms with E-state index in [0.717, 1.165) is 4.88 Å². The van der Waals surface area contributed by atoms with Crippen molar-refractivity contribution in [1.82, 2.24) is 10.3 Å². The highest BCUT2D eigenvalue weighted by atomic mass is 32.1. The molecular weight excluding hydrogens is 314 g/mol. The standard InChI is InChI=1S/C12H11N3O4S2/c13-9(16)4-6(12(18)19)14-10(17)7-5-21-11(15-7)8-2-1-3-20-8/h1-3,5-6H,4H2,(H2,13,16)(H,14,17)(H,18,19)/t6-/m0/s1. The van der Waals surface area contributed by atoms with Gasteiger partial charge in [0.05, 0.1) is 11.3 Å². The van der Waals surface area contributed by atoms with Gasteiger partial charge < -0.3 is 16.2 Å². The van der Waals surface area contributed by atoms with Crippen LogP contribution in [-0.4, -0.2) is 33.9 Å². The molecule has 9 heteroatoms. The van der Waals surface area contributed by atoms with Gasteiger partial charge in [-0.25, -0.2) is 9.78 Å². The first-order valence-corrected chi connectivity index (χ1v) is 7.54. The van der Waals surface area contributed by atoms with E-state index in [2.05, 4.69) is 10.3 Å². The molecule has 2 aromatic heterocycles. The third kappa shape index (κ3) is 3.86. The number of thiazole rings is 1. The molecule has 0 radical (unpaired) electrons. The molecule has 0 saturated carbocycles. The van der Waals surface area contributed by atoms with Gasteiger partial charge in [0.15, 0.2) is 0 Å². The van der Waals surface area contributed by atoms with Crippen LogP contribution >= 0.6 is 22.7 Å². The van der Waals surface area contributed by atoms with Crippen molar-refractivity contribution in [1.29, 1.82) is 0 Å². The van der Waals surface area contributed by atoms with E-state index < -0.39 is 30.2 Å². The fraction of sp³-hybridized carbons (Fsp3) is 0.167. The molecular formula is C12H11N3O4S2. The molecule has 0 aliphatic rings. The van der Waals surface area contributed by atoms with Crippen molar-refractivity contribution in [3.05, 3.63) is 28.6 Å². The zero-order chi connectivity index (χ0) is 15.4. The minimum absolute atomic E-state index is 0.110. The van der Waals surface area contributed by atoms with Gasteiger partial charge >= 0.3 is 5.97 Å². The third-order valence-electron chi connectivity index (χ3n) is 2.48. The molecule has 2 aromatic rings. The zero-order valence-electron chi connectivity index (χ0n) is 10.6. The molecule has 0 saturated heterocycles. The van der Waals surface area contributed by atoms with Crippen LogP contribution < -0.4 is 11.1 Å². The maximum atomic E-state index is 11.9. The highest BCUT2D eigenvalue weighted by Crippen LogP contribution is 2.27. The Morgan fingerprint density at radius 2 is 2.14 bits per heavy atom. The number of carbonyl (C=O) groups excluding carboxylic acids is 2. The second kappa shape index (κ2) is 6.46. The summed E-state index contributed by atoms with van der Waals surface area (Å²) < 4.78 is 0. The summed E-state index contributed by atoms with van der Waals surface area (Å²) in [5.74, 6) is -2.78. The molecule has 0 unspecified atom stereocenters. The number of rotatable bonds is 6. The van der Waals surface area contributed by atoms with Crippen molar-refractivity contribution in [2.24, 2.45) is 5.73 Å². The molecule has 0 aliphatic heterocycles. The number of thiophene rings is 1. The first kappa shape index (κ1) is 15.1. The molecule has 0 bridgehead atoms. The lowest BCUT2D eigenvalue weighted by Gasteiger charge is -2.11. The number of aromatic nitrogens is 1. The van der Waals surface area contributed by atoms with Crippen molar-refractivity contribution >= 4 is 40.5 Å². The molecule has 0 spiro atoms. The zero-order valence-corrected chi connectivity index (χ0v) is 12.2. The quantitative estimate of drug-likeness (QED) is 0.729. The number of nitrogens with one attached hydrogen (secondary N) is 1. The number of hydrogen-bond donors (Lipinski definition) is 3. The Morgan fingerprint density at radius 1 is 1.38 bits per heavy atom. The second-order valence-electron chi connectivity index (χ2n) is 4.05. The van der Waals surface area contributed by atoms with Crippen molar-refractivity contribution < 1.29 is 19.5 Å². The fourth-order valence-corrected chi connectivity index (χ4v) is 3.14. The topological polar surface area (TPSA) is 122 Å². The lowest BCUT2D eigenvalue weighted by Crippen LogP contribution is -2.43. The van der Waals surface area contributed by atoms with Crippen molar-refractivity contribution in [2.75, 3.05) is 0 Å². The second-order valence-corrected chi connectivity index (χ2v) is 5.86. The van der Waals surface area contributed by atoms with E-state index >= 15 is 0 Å². The number of nitrogens with two attached hydrogens (primary N) is 1. The Kier molecular flexibility index (Phi) is 4.66. The van der Waals surface area contributed by atoms with E-state index in [1.54, 1.807) is 0 Å². The molecule has 0 aromatic carbocycles. The highest BCUT2D eigenvalue weighted by molar-refractivity contribution is 7.20. The molecule has 0 aliphatic carbocycles. The number of carbonyl (C=O) groups is 3. The highest BCUT2D eigenvalue weighted by Gasteiger charge is 2.24. The smallest absolute Gasteiger partial charge is 0.326 e. The summed E-state index contributed by atoms with van der Waals surface area (Å²) in [6, 6.07) is 2.38. The molecule has 2 heterocycles. The van der Waals surface area contributed by atoms with Crippen LogP contribution in [0.15, 0.2) is 22.9 Å². The Bertz CT molecular complexity index is 666. The predicted octanol–water partition coefficient (Wildman–Crippen LogP) is 0.930. The largest absolute Gasteiger partial charge is 0.480 e. The van der Waals surface area contributed by atoms with Gasteiger partial charge in [-0.2, -0.15) is 0 Å². The Hall–Kier alpha value is -2.26. The van der Waals surface area contributed by atoms with Crippen LogP contribution in [0, 0.1) is 0 Å². The molecule has 0 fully saturated rings. The van der Waals surface area contributed by atoms with Crippen LogP contribution in [0.5, 0.6) is 0 Å². The summed E-state index contributed by atoms with van der Waals surface area (Å²) in [7, 11) is 0. The Labute approximate surface area is 127 Å². The molecule has 4 N–H and O–H groups in total. The lowest BCUT2D eigenvalue weighted by molar-refractivity contribution is -0.140. The van der Waals surface area contributed by atoms with E-state index in [4.69, 9.17) is 10.8 Å². The van der Waals surface area contributed by atoms with E-state index in [9.17, 15) is 14.4 Å². The van der Waals surface area contributed by atoms with Gasteiger partial charge in [0.25, 0.3) is 5.91 Å². The Morgan fingerprint density at radius 3 is 2.71 bits per heavy atom. The number of carboxylic acid groups (broad SMARTS) is 1. The van der Waals surface area contributed by atoms with Crippen LogP contribution in [0.25, 0.3) is 9.88 Å². The number of hydrogen-bond acceptors (Lipinski definition) is 6. The van der Waals surface area contributed by atoms with Gasteiger partial charge in [-0.05, 0) is 11.4 Å². The summed E-state index contributed by atoms with van der Waals surface area (Å²) in [6.07, 6.45) is -0.469. The average Bonchev–Trinajstić information content (AvgIpc) is 3.08. The fourth-order valence-electron chi connectivity index (χ4n) is 1.52. The maximum Gasteiger partial charge on any atom is 0.326 e. The first-order chi connectivity index (χ1) is 9.97. The van der Waals surface area contributed by atoms with Gasteiger partial charge in [0.2, 0.25) is 5.91 Å². The minimum atomic E-state index is -1.36. The van der Waals surface area contributed by atoms with Crippen LogP contribution in [0.3, 0.4) is 0 Å². The van der Waals surface area contributed by atoms with Gasteiger partial charge in [-0.3, -0.25) is 9.59 Å². The van der Waals surface area contributed by atoms with Gasteiger partial charge in [-0.1, -0.05) is 6.07 Å². The summed E-state index contributed by atoms with van der Waals surface area (Å²) >= 11 is 2.77. The van der Waals surface area contributed by atoms with Crippen molar-refractivity contribution in [3.63, 3.8) is 0 Å². The minimum Gasteiger partial charge on any atom is -0.480 e. The lowest BCUT2D eigenvalue weighted by atomic mass is 10.2. The molecule has 21 heavy (non-hydrogen) atoms. The normalized spacial score (nSPS) is 11.8. The van der Waals surface area contributed by atoms with Crippen molar-refractivity contribution in [3.8, 4) is 9.88 Å². The number of amides is 2. The van der Waals surface area contributed by atoms with Gasteiger partial charge in [-0.15, -0.1) is 22.7 Å². The molecule has 1 atom stereocenters. The summed E-state index contributed by atoms with van der Waals surface area (Å²) in [5, 5.41) is 15.3. The predicted molar refractivity (Wildman–Crippen MR) is 78.1 cm³/mol. The molecule has 2 rings (SSSR count). The first-order valence-electron chi connectivity index (χ1n) is 5.78. The van der Waals surface area contributed by atoms with E-state index in [0.29, 0.717) is 5.01 Å². The molecule has 110 valence electrons. The van der Waals surface area contributed by atoms with Crippen LogP contribution in [0.1, 0.15) is 16.9 Å². The maximum absolute atomic E-state index is 11.9. The Balaban J connectivity index is 2.09. The van der Waals surface area contributed by atoms with Crippen molar-refractivity contribution in [2.45, 2.75) is 12.5 Å². The monoisotopic (exact) mass is 325 g/mol. The average molecular weight is 325 g/mol. The van der Waals surface area contributed by atoms with Gasteiger partial charge in [0.1, 0.15) is 16.7 Å². The number of carboxylic acids is 1. The van der Waals surface area contributed by atoms with Crippen LogP contribution in [-0.2, 0) is 9.59 Å². The number of nitrogens with zero attached hydrogens (tertiary/aromatic N) is 1. The SMILES string of the molecule is NC(=O)C[C@H](NC(=O)c1csc(-c2cccs2)n1)C(=O)O. The summed E-state index contributed by atoms with van der Waals surface area (Å²) in [4.78, 5) is 38.8. The molecule has 7 nitrogen and oxygen atoms in total. The van der Waals surface area contributed by atoms with Gasteiger partial charge in [0, 0.05) is 5.38 Å². The molecule has 2 amide bonds. The number of aliphatic carboxylic acids is 1. The summed E-state index contributed by atoms with van der Waals surface area (Å²) in [6.45, 7) is 0. The van der Waals surface area contributed by atoms with E-state index in [-0.39, 0.29) is 5.69 Å². The summed E-state index contributed by atoms with van der Waals surface area (Å²) in [5.41, 5.74) is 5.06. The van der Waals surface area contributed by atoms with Crippen LogP contribution in [0.4, 0.5) is 0 Å². The third-order valence-corrected chi connectivity index (χ3v) is 4.36. The van der Waals surface area contributed by atoms with E-state index in [1.165, 1.54) is 28.1 Å². The number of primary amides is 1.